The third-order valence-corrected chi connectivity index (χ3v) is 5.58. The van der Waals surface area contributed by atoms with E-state index in [2.05, 4.69) is 20.1 Å². The molecule has 2 fully saturated rings. The van der Waals surface area contributed by atoms with Gasteiger partial charge in [0.2, 0.25) is 5.91 Å². The van der Waals surface area contributed by atoms with Crippen LogP contribution in [0.3, 0.4) is 0 Å². The number of hydrogen-bond donors (Lipinski definition) is 1. The third-order valence-electron chi connectivity index (χ3n) is 5.58. The van der Waals surface area contributed by atoms with Crippen LogP contribution < -0.4 is 5.32 Å². The van der Waals surface area contributed by atoms with Crippen molar-refractivity contribution in [1.29, 1.82) is 0 Å². The van der Waals surface area contributed by atoms with Gasteiger partial charge >= 0.3 is 0 Å². The molecule has 114 valence electrons. The zero-order valence-electron chi connectivity index (χ0n) is 12.6. The number of aromatic nitrogens is 3. The predicted octanol–water partition coefficient (Wildman–Crippen LogP) is 2.30. The van der Waals surface area contributed by atoms with Crippen molar-refractivity contribution in [3.63, 3.8) is 0 Å². The first-order valence-corrected chi connectivity index (χ1v) is 8.53. The molecular formula is C16H24N4O. The summed E-state index contributed by atoms with van der Waals surface area (Å²) in [7, 11) is 0. The maximum absolute atomic E-state index is 12.5. The lowest BCUT2D eigenvalue weighted by molar-refractivity contribution is -0.128. The summed E-state index contributed by atoms with van der Waals surface area (Å²) in [5, 5.41) is 12.2. The molecule has 0 unspecified atom stereocenters. The van der Waals surface area contributed by atoms with Crippen LogP contribution in [-0.2, 0) is 23.3 Å². The molecule has 1 N–H and O–H groups in total. The van der Waals surface area contributed by atoms with Gasteiger partial charge in [-0.1, -0.05) is 12.8 Å². The van der Waals surface area contributed by atoms with Gasteiger partial charge in [-0.25, -0.2) is 0 Å². The minimum absolute atomic E-state index is 0.220. The fraction of sp³-hybridized carbons (Fsp3) is 0.812. The Morgan fingerprint density at radius 1 is 1.10 bits per heavy atom. The lowest BCUT2D eigenvalue weighted by Gasteiger charge is -2.42. The summed E-state index contributed by atoms with van der Waals surface area (Å²) in [6.45, 7) is 1.01. The number of nitrogens with zero attached hydrogens (tertiary/aromatic N) is 3. The summed E-state index contributed by atoms with van der Waals surface area (Å²) < 4.78 is 2.28. The summed E-state index contributed by atoms with van der Waals surface area (Å²) in [4.78, 5) is 12.5. The number of aryl methyl sites for hydroxylation is 1. The first-order valence-electron chi connectivity index (χ1n) is 8.53. The second-order valence-corrected chi connectivity index (χ2v) is 6.95. The van der Waals surface area contributed by atoms with Crippen LogP contribution in [0.2, 0.25) is 0 Å². The van der Waals surface area contributed by atoms with Gasteiger partial charge in [0.1, 0.15) is 5.82 Å². The minimum Gasteiger partial charge on any atom is -0.343 e. The van der Waals surface area contributed by atoms with Crippen molar-refractivity contribution in [2.75, 3.05) is 0 Å². The SMILES string of the molecule is O=C(NC1(c2nnc3n2CCCC3)CCC1)C1CCCC1. The molecule has 2 heterocycles. The molecule has 3 aliphatic rings. The first kappa shape index (κ1) is 13.3. The Hall–Kier alpha value is -1.39. The summed E-state index contributed by atoms with van der Waals surface area (Å²) in [6, 6.07) is 0. The summed E-state index contributed by atoms with van der Waals surface area (Å²) in [5.41, 5.74) is -0.220. The molecule has 0 atom stereocenters. The summed E-state index contributed by atoms with van der Waals surface area (Å²) >= 11 is 0. The average molecular weight is 288 g/mol. The molecule has 2 saturated carbocycles. The van der Waals surface area contributed by atoms with Gasteiger partial charge in [0.05, 0.1) is 5.54 Å². The van der Waals surface area contributed by atoms with Crippen LogP contribution in [0, 0.1) is 5.92 Å². The Morgan fingerprint density at radius 2 is 1.90 bits per heavy atom. The molecule has 0 radical (unpaired) electrons. The molecule has 0 bridgehead atoms. The van der Waals surface area contributed by atoms with Gasteiger partial charge in [-0.05, 0) is 44.9 Å². The molecule has 21 heavy (non-hydrogen) atoms. The number of amides is 1. The molecule has 5 nitrogen and oxygen atoms in total. The molecule has 1 amide bonds. The van der Waals surface area contributed by atoms with E-state index < -0.39 is 0 Å². The highest BCUT2D eigenvalue weighted by Gasteiger charge is 2.45. The van der Waals surface area contributed by atoms with E-state index in [4.69, 9.17) is 0 Å². The molecule has 1 aliphatic heterocycles. The summed E-state index contributed by atoms with van der Waals surface area (Å²) in [6.07, 6.45) is 11.2. The minimum atomic E-state index is -0.220. The lowest BCUT2D eigenvalue weighted by atomic mass is 9.75. The maximum Gasteiger partial charge on any atom is 0.223 e. The first-order chi connectivity index (χ1) is 10.3. The Bertz CT molecular complexity index is 540. The molecule has 1 aromatic heterocycles. The van der Waals surface area contributed by atoms with Crippen molar-refractivity contribution in [1.82, 2.24) is 20.1 Å². The molecule has 5 heteroatoms. The van der Waals surface area contributed by atoms with Crippen molar-refractivity contribution < 1.29 is 4.79 Å². The van der Waals surface area contributed by atoms with Gasteiger partial charge in [-0.3, -0.25) is 4.79 Å². The Kier molecular flexibility index (Phi) is 3.23. The fourth-order valence-corrected chi connectivity index (χ4v) is 4.12. The van der Waals surface area contributed by atoms with Crippen molar-refractivity contribution >= 4 is 5.91 Å². The van der Waals surface area contributed by atoms with Gasteiger partial charge in [0.15, 0.2) is 5.82 Å². The van der Waals surface area contributed by atoms with Gasteiger partial charge in [-0.15, -0.1) is 10.2 Å². The van der Waals surface area contributed by atoms with Crippen molar-refractivity contribution in [3.8, 4) is 0 Å². The zero-order chi connectivity index (χ0) is 14.3. The van der Waals surface area contributed by atoms with Gasteiger partial charge < -0.3 is 9.88 Å². The van der Waals surface area contributed by atoms with E-state index in [1.807, 2.05) is 0 Å². The van der Waals surface area contributed by atoms with E-state index in [-0.39, 0.29) is 17.4 Å². The van der Waals surface area contributed by atoms with Crippen LogP contribution in [0.15, 0.2) is 0 Å². The molecule has 1 aromatic rings. The van der Waals surface area contributed by atoms with Gasteiger partial charge in [0, 0.05) is 18.9 Å². The lowest BCUT2D eigenvalue weighted by Crippen LogP contribution is -2.54. The molecular weight excluding hydrogens is 264 g/mol. The van der Waals surface area contributed by atoms with Gasteiger partial charge in [-0.2, -0.15) is 0 Å². The van der Waals surface area contributed by atoms with Crippen molar-refractivity contribution in [2.45, 2.75) is 76.3 Å². The second-order valence-electron chi connectivity index (χ2n) is 6.95. The van der Waals surface area contributed by atoms with Gasteiger partial charge in [0.25, 0.3) is 0 Å². The van der Waals surface area contributed by atoms with Crippen LogP contribution in [0.4, 0.5) is 0 Å². The number of fused-ring (bicyclic) bond motifs is 1. The van der Waals surface area contributed by atoms with Crippen LogP contribution in [0.5, 0.6) is 0 Å². The highest BCUT2D eigenvalue weighted by atomic mass is 16.2. The Morgan fingerprint density at radius 3 is 2.62 bits per heavy atom. The third kappa shape index (κ3) is 2.17. The van der Waals surface area contributed by atoms with Crippen LogP contribution >= 0.6 is 0 Å². The van der Waals surface area contributed by atoms with Crippen molar-refractivity contribution in [2.24, 2.45) is 5.92 Å². The predicted molar refractivity (Wildman–Crippen MR) is 78.6 cm³/mol. The second kappa shape index (κ2) is 5.11. The van der Waals surface area contributed by atoms with Crippen molar-refractivity contribution in [3.05, 3.63) is 11.6 Å². The fourth-order valence-electron chi connectivity index (χ4n) is 4.12. The van der Waals surface area contributed by atoms with E-state index in [0.29, 0.717) is 0 Å². The van der Waals surface area contributed by atoms with E-state index in [1.54, 1.807) is 0 Å². The van der Waals surface area contributed by atoms with Crippen LogP contribution in [0.1, 0.15) is 69.4 Å². The topological polar surface area (TPSA) is 59.8 Å². The normalized spacial score (nSPS) is 24.4. The monoisotopic (exact) mass is 288 g/mol. The number of hydrogen-bond acceptors (Lipinski definition) is 3. The van der Waals surface area contributed by atoms with E-state index >= 15 is 0 Å². The highest BCUT2D eigenvalue weighted by molar-refractivity contribution is 5.80. The maximum atomic E-state index is 12.5. The Labute approximate surface area is 125 Å². The number of rotatable bonds is 3. The highest BCUT2D eigenvalue weighted by Crippen LogP contribution is 2.42. The summed E-state index contributed by atoms with van der Waals surface area (Å²) in [5.74, 6) is 2.61. The van der Waals surface area contributed by atoms with E-state index in [9.17, 15) is 4.79 Å². The largest absolute Gasteiger partial charge is 0.343 e. The molecule has 0 spiro atoms. The van der Waals surface area contributed by atoms with Crippen LogP contribution in [0.25, 0.3) is 0 Å². The van der Waals surface area contributed by atoms with E-state index in [0.717, 1.165) is 50.3 Å². The Balaban J connectivity index is 1.58. The molecule has 2 aliphatic carbocycles. The number of nitrogens with one attached hydrogen (secondary N) is 1. The number of carbonyl (C=O) groups excluding carboxylic acids is 1. The molecule has 4 rings (SSSR count). The molecule has 0 aromatic carbocycles. The standard InChI is InChI=1S/C16H24N4O/c21-14(12-6-1-2-7-12)17-16(9-5-10-16)15-19-18-13-8-3-4-11-20(13)15/h12H,1-11H2,(H,17,21). The molecule has 0 saturated heterocycles. The smallest absolute Gasteiger partial charge is 0.223 e. The zero-order valence-corrected chi connectivity index (χ0v) is 12.6. The quantitative estimate of drug-likeness (QED) is 0.928. The van der Waals surface area contributed by atoms with Crippen LogP contribution in [-0.4, -0.2) is 20.7 Å². The number of carbonyl (C=O) groups is 1. The van der Waals surface area contributed by atoms with E-state index in [1.165, 1.54) is 32.1 Å². The average Bonchev–Trinajstić information content (AvgIpc) is 3.12.